The zero-order chi connectivity index (χ0) is 13.6. The van der Waals surface area contributed by atoms with E-state index >= 15 is 0 Å². The van der Waals surface area contributed by atoms with Crippen LogP contribution in [0.15, 0.2) is 99.7 Å². The van der Waals surface area contributed by atoms with Gasteiger partial charge < -0.3 is 0 Å². The van der Waals surface area contributed by atoms with Crippen molar-refractivity contribution in [3.63, 3.8) is 0 Å². The van der Waals surface area contributed by atoms with E-state index < -0.39 is 0 Å². The van der Waals surface area contributed by atoms with Crippen LogP contribution >= 0.6 is 0 Å². The molecule has 2 bridgehead atoms. The number of hydrogen-bond acceptors (Lipinski definition) is 2. The molecule has 2 nitrogen and oxygen atoms in total. The van der Waals surface area contributed by atoms with E-state index in [1.165, 1.54) is 11.1 Å². The van der Waals surface area contributed by atoms with Gasteiger partial charge in [-0.2, -0.15) is 9.98 Å². The first-order valence-electron chi connectivity index (χ1n) is 6.58. The number of para-hydroxylation sites is 1. The van der Waals surface area contributed by atoms with Gasteiger partial charge in [0.05, 0.1) is 11.4 Å². The quantitative estimate of drug-likeness (QED) is 0.683. The molecule has 1 aromatic carbocycles. The van der Waals surface area contributed by atoms with Crippen molar-refractivity contribution < 1.29 is 0 Å². The van der Waals surface area contributed by atoms with Crippen molar-refractivity contribution >= 4 is 11.7 Å². The van der Waals surface area contributed by atoms with Crippen LogP contribution in [0.4, 0.5) is 5.69 Å². The molecule has 2 aliphatic carbocycles. The fourth-order valence-electron chi connectivity index (χ4n) is 2.10. The molecule has 2 heteroatoms. The Morgan fingerprint density at radius 1 is 0.850 bits per heavy atom. The van der Waals surface area contributed by atoms with E-state index in [4.69, 9.17) is 0 Å². The van der Waals surface area contributed by atoms with E-state index in [1.807, 2.05) is 48.6 Å². The van der Waals surface area contributed by atoms with Gasteiger partial charge in [0.2, 0.25) is 0 Å². The van der Waals surface area contributed by atoms with Crippen molar-refractivity contribution in [3.8, 4) is 0 Å². The summed E-state index contributed by atoms with van der Waals surface area (Å²) in [6, 6.07) is 12.5. The third-order valence-electron chi connectivity index (χ3n) is 3.11. The summed E-state index contributed by atoms with van der Waals surface area (Å²) in [5, 5.41) is 0. The van der Waals surface area contributed by atoms with Crippen molar-refractivity contribution in [1.82, 2.24) is 0 Å². The highest BCUT2D eigenvalue weighted by molar-refractivity contribution is 5.57. The van der Waals surface area contributed by atoms with Gasteiger partial charge >= 0.3 is 0 Å². The first kappa shape index (κ1) is 12.3. The molecule has 0 atom stereocenters. The van der Waals surface area contributed by atoms with Crippen LogP contribution in [0, 0.1) is 0 Å². The van der Waals surface area contributed by atoms with Gasteiger partial charge in [-0.05, 0) is 35.8 Å². The largest absolute Gasteiger partial charge is 0.188 e. The van der Waals surface area contributed by atoms with Gasteiger partial charge in [0.15, 0.2) is 0 Å². The molecular weight excluding hydrogens is 244 g/mol. The number of hydrogen-bond donors (Lipinski definition) is 0. The Balaban J connectivity index is 1.87. The zero-order valence-corrected chi connectivity index (χ0v) is 11.0. The molecule has 0 N–H and O–H groups in total. The van der Waals surface area contributed by atoms with Crippen molar-refractivity contribution in [3.05, 3.63) is 89.7 Å². The third kappa shape index (κ3) is 3.00. The van der Waals surface area contributed by atoms with Gasteiger partial charge in [-0.1, -0.05) is 54.7 Å². The molecule has 0 aliphatic heterocycles. The summed E-state index contributed by atoms with van der Waals surface area (Å²) in [5.74, 6) is 0. The highest BCUT2D eigenvalue weighted by Gasteiger charge is 2.08. The van der Waals surface area contributed by atoms with E-state index in [2.05, 4.69) is 40.3 Å². The van der Waals surface area contributed by atoms with Crippen LogP contribution in [-0.2, 0) is 0 Å². The predicted molar refractivity (Wildman–Crippen MR) is 83.1 cm³/mol. The maximum atomic E-state index is 4.36. The summed E-state index contributed by atoms with van der Waals surface area (Å²) in [5.41, 5.74) is 4.24. The number of rotatable bonds is 2. The van der Waals surface area contributed by atoms with Crippen molar-refractivity contribution in [2.75, 3.05) is 0 Å². The molecule has 0 radical (unpaired) electrons. The minimum absolute atomic E-state index is 0.858. The highest BCUT2D eigenvalue weighted by Crippen LogP contribution is 2.26. The molecule has 0 aromatic heterocycles. The lowest BCUT2D eigenvalue weighted by atomic mass is 10.1. The smallest absolute Gasteiger partial charge is 0.100 e. The molecule has 0 spiro atoms. The minimum atomic E-state index is 0.858. The first-order valence-corrected chi connectivity index (χ1v) is 6.58. The van der Waals surface area contributed by atoms with Gasteiger partial charge in [0.25, 0.3) is 0 Å². The second kappa shape index (κ2) is 5.96. The fourth-order valence-corrected chi connectivity index (χ4v) is 2.10. The van der Waals surface area contributed by atoms with Crippen molar-refractivity contribution in [1.29, 1.82) is 0 Å². The normalized spacial score (nSPS) is 16.1. The van der Waals surface area contributed by atoms with Gasteiger partial charge in [-0.25, -0.2) is 0 Å². The SMILES string of the molecule is C(=NC1=CC=CC2=CC=CC=C1C2)=Nc1ccccc1. The molecule has 96 valence electrons. The molecule has 0 amide bonds. The predicted octanol–water partition coefficient (Wildman–Crippen LogP) is 4.76. The van der Waals surface area contributed by atoms with Crippen LogP contribution in [-0.4, -0.2) is 6.01 Å². The highest BCUT2D eigenvalue weighted by atomic mass is 14.8. The molecule has 1 aromatic rings. The van der Waals surface area contributed by atoms with Crippen molar-refractivity contribution in [2.45, 2.75) is 6.42 Å². The van der Waals surface area contributed by atoms with Crippen LogP contribution in [0.2, 0.25) is 0 Å². The summed E-state index contributed by atoms with van der Waals surface area (Å²) in [7, 11) is 0. The maximum absolute atomic E-state index is 4.36. The summed E-state index contributed by atoms with van der Waals surface area (Å²) in [6.07, 6.45) is 15.3. The zero-order valence-electron chi connectivity index (χ0n) is 11.0. The summed E-state index contributed by atoms with van der Waals surface area (Å²) >= 11 is 0. The molecule has 0 saturated carbocycles. The van der Waals surface area contributed by atoms with Crippen LogP contribution < -0.4 is 0 Å². The fraction of sp³-hybridized carbons (Fsp3) is 0.0556. The van der Waals surface area contributed by atoms with E-state index in [0.717, 1.165) is 17.8 Å². The second-order valence-corrected chi connectivity index (χ2v) is 4.57. The van der Waals surface area contributed by atoms with Gasteiger partial charge in [-0.15, -0.1) is 0 Å². The van der Waals surface area contributed by atoms with Gasteiger partial charge in [-0.3, -0.25) is 0 Å². The van der Waals surface area contributed by atoms with Crippen molar-refractivity contribution in [2.24, 2.45) is 9.98 Å². The maximum Gasteiger partial charge on any atom is 0.100 e. The third-order valence-corrected chi connectivity index (χ3v) is 3.11. The van der Waals surface area contributed by atoms with Crippen LogP contribution in [0.1, 0.15) is 6.42 Å². The number of aliphatic imine (C=N–C) groups is 2. The Bertz CT molecular complexity index is 707. The van der Waals surface area contributed by atoms with Gasteiger partial charge in [0.1, 0.15) is 6.01 Å². The molecule has 2 aliphatic rings. The molecule has 0 saturated heterocycles. The number of allylic oxidation sites excluding steroid dienone is 9. The summed E-state index contributed by atoms with van der Waals surface area (Å²) in [6.45, 7) is 0. The standard InChI is InChI=1S/C18H14N2/c1-2-10-17(11-3-1)19-14-20-18-12-6-8-15-7-4-5-9-16(18)13-15/h1-12H,13H2. The summed E-state index contributed by atoms with van der Waals surface area (Å²) < 4.78 is 0. The summed E-state index contributed by atoms with van der Waals surface area (Å²) in [4.78, 5) is 8.58. The Morgan fingerprint density at radius 2 is 1.70 bits per heavy atom. The van der Waals surface area contributed by atoms with Crippen LogP contribution in [0.3, 0.4) is 0 Å². The number of nitrogens with zero attached hydrogens (tertiary/aromatic N) is 2. The average Bonchev–Trinajstić information content (AvgIpc) is 2.83. The molecular formula is C18H14N2. The second-order valence-electron chi connectivity index (χ2n) is 4.57. The van der Waals surface area contributed by atoms with Crippen LogP contribution in [0.25, 0.3) is 0 Å². The Labute approximate surface area is 118 Å². The Kier molecular flexibility index (Phi) is 3.68. The molecule has 20 heavy (non-hydrogen) atoms. The molecule has 0 unspecified atom stereocenters. The lowest BCUT2D eigenvalue weighted by molar-refractivity contribution is 1.15. The monoisotopic (exact) mass is 258 g/mol. The number of fused-ring (bicyclic) bond motifs is 2. The number of benzene rings is 1. The van der Waals surface area contributed by atoms with E-state index in [-0.39, 0.29) is 0 Å². The topological polar surface area (TPSA) is 24.7 Å². The molecule has 3 rings (SSSR count). The lowest BCUT2D eigenvalue weighted by Crippen LogP contribution is -1.86. The van der Waals surface area contributed by atoms with Crippen LogP contribution in [0.5, 0.6) is 0 Å². The van der Waals surface area contributed by atoms with Gasteiger partial charge in [0, 0.05) is 0 Å². The average molecular weight is 258 g/mol. The van der Waals surface area contributed by atoms with E-state index in [1.54, 1.807) is 0 Å². The molecule has 0 heterocycles. The minimum Gasteiger partial charge on any atom is -0.188 e. The first-order chi connectivity index (χ1) is 9.92. The Hall–Kier alpha value is -2.70. The lowest BCUT2D eigenvalue weighted by Gasteiger charge is -2.03. The van der Waals surface area contributed by atoms with E-state index in [9.17, 15) is 0 Å². The molecule has 0 fully saturated rings. The Morgan fingerprint density at radius 3 is 2.60 bits per heavy atom. The van der Waals surface area contributed by atoms with E-state index in [0.29, 0.717) is 0 Å².